The highest BCUT2D eigenvalue weighted by atomic mass is 32.2. The van der Waals surface area contributed by atoms with Gasteiger partial charge in [0.2, 0.25) is 0 Å². The third kappa shape index (κ3) is 3.81. The fraction of sp³-hybridized carbons (Fsp3) is 0. The molecule has 0 aliphatic carbocycles. The Bertz CT molecular complexity index is 1160. The molecule has 1 N–H and O–H groups in total. The van der Waals surface area contributed by atoms with E-state index in [-0.39, 0.29) is 11.4 Å². The molecule has 0 amide bonds. The maximum absolute atomic E-state index is 12.5. The molecule has 0 fully saturated rings. The molecule has 0 radical (unpaired) electrons. The molecule has 0 aliphatic heterocycles. The zero-order valence-electron chi connectivity index (χ0n) is 14.2. The quantitative estimate of drug-likeness (QED) is 0.492. The molecule has 0 aromatic heterocycles. The average Bonchev–Trinajstić information content (AvgIpc) is 2.68. The molecule has 28 heavy (non-hydrogen) atoms. The van der Waals surface area contributed by atoms with Gasteiger partial charge in [0.05, 0.1) is 15.4 Å². The van der Waals surface area contributed by atoms with Crippen LogP contribution in [0.3, 0.4) is 0 Å². The lowest BCUT2D eigenvalue weighted by atomic mass is 10.0. The van der Waals surface area contributed by atoms with Gasteiger partial charge in [-0.1, -0.05) is 36.4 Å². The van der Waals surface area contributed by atoms with Crippen LogP contribution in [0.15, 0.2) is 77.7 Å². The van der Waals surface area contributed by atoms with E-state index in [4.69, 9.17) is 0 Å². The minimum atomic E-state index is -4.19. The Hall–Kier alpha value is -3.79. The van der Waals surface area contributed by atoms with Crippen LogP contribution in [0.25, 0.3) is 11.1 Å². The van der Waals surface area contributed by atoms with E-state index in [1.807, 2.05) is 0 Å². The van der Waals surface area contributed by atoms with Crippen LogP contribution in [-0.4, -0.2) is 18.3 Å². The topological polar surface area (TPSA) is 132 Å². The average molecular weight is 399 g/mol. The second-order valence-electron chi connectivity index (χ2n) is 5.68. The van der Waals surface area contributed by atoms with Crippen molar-refractivity contribution in [3.05, 3.63) is 93.0 Å². The van der Waals surface area contributed by atoms with Crippen LogP contribution < -0.4 is 4.72 Å². The first-order valence-corrected chi connectivity index (χ1v) is 9.38. The standard InChI is InChI=1S/C18H13N3O6S/c22-20(23)16-6-2-1-5-15(16)13-9-11-14(12-10-13)19-28(26,27)18-8-4-3-7-17(18)21(24)25/h1-12,19H. The molecule has 0 atom stereocenters. The molecule has 142 valence electrons. The second kappa shape index (κ2) is 7.45. The van der Waals surface area contributed by atoms with Crippen LogP contribution in [0.4, 0.5) is 17.1 Å². The van der Waals surface area contributed by atoms with E-state index in [1.54, 1.807) is 18.2 Å². The molecular formula is C18H13N3O6S. The molecule has 3 rings (SSSR count). The summed E-state index contributed by atoms with van der Waals surface area (Å²) in [5.74, 6) is 0. The molecule has 3 aromatic carbocycles. The summed E-state index contributed by atoms with van der Waals surface area (Å²) in [5.41, 5.74) is 0.476. The fourth-order valence-electron chi connectivity index (χ4n) is 2.64. The van der Waals surface area contributed by atoms with Gasteiger partial charge in [0, 0.05) is 17.8 Å². The van der Waals surface area contributed by atoms with Gasteiger partial charge < -0.3 is 0 Å². The third-order valence-electron chi connectivity index (χ3n) is 3.90. The smallest absolute Gasteiger partial charge is 0.279 e. The molecule has 0 heterocycles. The van der Waals surface area contributed by atoms with Gasteiger partial charge in [-0.15, -0.1) is 0 Å². The summed E-state index contributed by atoms with van der Waals surface area (Å²) in [4.78, 5) is 20.5. The van der Waals surface area contributed by atoms with Crippen LogP contribution in [0.1, 0.15) is 0 Å². The van der Waals surface area contributed by atoms with Crippen molar-refractivity contribution in [2.45, 2.75) is 4.90 Å². The summed E-state index contributed by atoms with van der Waals surface area (Å²) < 4.78 is 27.3. The van der Waals surface area contributed by atoms with Crippen LogP contribution in [0.5, 0.6) is 0 Å². The van der Waals surface area contributed by atoms with Crippen molar-refractivity contribution in [3.63, 3.8) is 0 Å². The molecule has 0 bridgehead atoms. The summed E-state index contributed by atoms with van der Waals surface area (Å²) in [6.45, 7) is 0. The van der Waals surface area contributed by atoms with E-state index in [0.29, 0.717) is 11.1 Å². The van der Waals surface area contributed by atoms with Crippen LogP contribution >= 0.6 is 0 Å². The van der Waals surface area contributed by atoms with Crippen LogP contribution in [-0.2, 0) is 10.0 Å². The normalized spacial score (nSPS) is 11.0. The van der Waals surface area contributed by atoms with Gasteiger partial charge >= 0.3 is 0 Å². The number of anilines is 1. The zero-order chi connectivity index (χ0) is 20.3. The van der Waals surface area contributed by atoms with Crippen molar-refractivity contribution < 1.29 is 18.3 Å². The first-order valence-electron chi connectivity index (χ1n) is 7.90. The van der Waals surface area contributed by atoms with E-state index >= 15 is 0 Å². The lowest BCUT2D eigenvalue weighted by Crippen LogP contribution is -2.14. The van der Waals surface area contributed by atoms with Gasteiger partial charge in [0.25, 0.3) is 21.4 Å². The summed E-state index contributed by atoms with van der Waals surface area (Å²) in [5, 5.41) is 22.2. The minimum absolute atomic E-state index is 0.0734. The molecule has 0 saturated carbocycles. The molecule has 3 aromatic rings. The van der Waals surface area contributed by atoms with Crippen molar-refractivity contribution in [2.24, 2.45) is 0 Å². The largest absolute Gasteiger partial charge is 0.289 e. The predicted octanol–water partition coefficient (Wildman–Crippen LogP) is 3.97. The summed E-state index contributed by atoms with van der Waals surface area (Å²) in [6.07, 6.45) is 0. The van der Waals surface area contributed by atoms with Crippen LogP contribution in [0, 0.1) is 20.2 Å². The summed E-state index contributed by atoms with van der Waals surface area (Å²) >= 11 is 0. The van der Waals surface area contributed by atoms with Crippen LogP contribution in [0.2, 0.25) is 0 Å². The number of para-hydroxylation sites is 2. The van der Waals surface area contributed by atoms with E-state index < -0.39 is 30.5 Å². The molecule has 0 aliphatic rings. The number of rotatable bonds is 6. The minimum Gasteiger partial charge on any atom is -0.279 e. The van der Waals surface area contributed by atoms with Gasteiger partial charge in [0.1, 0.15) is 0 Å². The van der Waals surface area contributed by atoms with Crippen molar-refractivity contribution >= 4 is 27.1 Å². The number of nitrogens with one attached hydrogen (secondary N) is 1. The molecular weight excluding hydrogens is 386 g/mol. The second-order valence-corrected chi connectivity index (χ2v) is 7.33. The van der Waals surface area contributed by atoms with E-state index in [0.717, 1.165) is 12.1 Å². The van der Waals surface area contributed by atoms with Gasteiger partial charge in [-0.3, -0.25) is 25.0 Å². The highest BCUT2D eigenvalue weighted by Crippen LogP contribution is 2.31. The van der Waals surface area contributed by atoms with Crippen molar-refractivity contribution in [1.82, 2.24) is 0 Å². The highest BCUT2D eigenvalue weighted by Gasteiger charge is 2.25. The first-order chi connectivity index (χ1) is 13.3. The highest BCUT2D eigenvalue weighted by molar-refractivity contribution is 7.92. The number of sulfonamides is 1. The maximum Gasteiger partial charge on any atom is 0.289 e. The van der Waals surface area contributed by atoms with Crippen molar-refractivity contribution in [1.29, 1.82) is 0 Å². The number of hydrogen-bond donors (Lipinski definition) is 1. The predicted molar refractivity (Wildman–Crippen MR) is 102 cm³/mol. The lowest BCUT2D eigenvalue weighted by Gasteiger charge is -2.09. The Labute approximate surface area is 159 Å². The first kappa shape index (κ1) is 19.0. The summed E-state index contributed by atoms with van der Waals surface area (Å²) in [6, 6.07) is 17.1. The molecule has 0 spiro atoms. The van der Waals surface area contributed by atoms with Crippen molar-refractivity contribution in [2.75, 3.05) is 4.72 Å². The number of benzene rings is 3. The van der Waals surface area contributed by atoms with Gasteiger partial charge in [-0.2, -0.15) is 0 Å². The Morgan fingerprint density at radius 1 is 0.714 bits per heavy atom. The van der Waals surface area contributed by atoms with Gasteiger partial charge in [-0.25, -0.2) is 8.42 Å². The van der Waals surface area contributed by atoms with Crippen molar-refractivity contribution in [3.8, 4) is 11.1 Å². The number of nitro benzene ring substituents is 2. The van der Waals surface area contributed by atoms with Gasteiger partial charge in [-0.05, 0) is 29.8 Å². The Morgan fingerprint density at radius 2 is 1.25 bits per heavy atom. The Kier molecular flexibility index (Phi) is 5.05. The molecule has 0 saturated heterocycles. The molecule has 9 nitrogen and oxygen atoms in total. The summed E-state index contributed by atoms with van der Waals surface area (Å²) in [7, 11) is -4.19. The Morgan fingerprint density at radius 3 is 1.86 bits per heavy atom. The lowest BCUT2D eigenvalue weighted by molar-refractivity contribution is -0.387. The van der Waals surface area contributed by atoms with Gasteiger partial charge in [0.15, 0.2) is 4.90 Å². The van der Waals surface area contributed by atoms with E-state index in [9.17, 15) is 28.6 Å². The number of nitro groups is 2. The van der Waals surface area contributed by atoms with E-state index in [2.05, 4.69) is 4.72 Å². The van der Waals surface area contributed by atoms with E-state index in [1.165, 1.54) is 42.5 Å². The monoisotopic (exact) mass is 399 g/mol. The Balaban J connectivity index is 1.92. The molecule has 0 unspecified atom stereocenters. The number of hydrogen-bond acceptors (Lipinski definition) is 6. The number of nitrogens with zero attached hydrogens (tertiary/aromatic N) is 2. The SMILES string of the molecule is O=[N+]([O-])c1ccccc1-c1ccc(NS(=O)(=O)c2ccccc2[N+](=O)[O-])cc1. The molecule has 10 heteroatoms. The maximum atomic E-state index is 12.5. The fourth-order valence-corrected chi connectivity index (χ4v) is 3.87. The zero-order valence-corrected chi connectivity index (χ0v) is 15.0. The third-order valence-corrected chi connectivity index (χ3v) is 5.33.